The van der Waals surface area contributed by atoms with Crippen LogP contribution in [0, 0.1) is 0 Å². The van der Waals surface area contributed by atoms with Crippen molar-refractivity contribution in [2.24, 2.45) is 4.99 Å². The molecule has 2 aromatic rings. The lowest BCUT2D eigenvalue weighted by molar-refractivity contribution is 0.323. The van der Waals surface area contributed by atoms with Gasteiger partial charge in [0.1, 0.15) is 12.2 Å². The molecule has 2 aromatic heterocycles. The molecule has 0 aliphatic carbocycles. The molecule has 2 rings (SSSR count). The fraction of sp³-hybridized carbons (Fsp3) is 0.529. The molecule has 0 bridgehead atoms. The normalized spacial score (nSPS) is 11.0. The van der Waals surface area contributed by atoms with E-state index < -0.39 is 0 Å². The Morgan fingerprint density at radius 2 is 2.12 bits per heavy atom. The summed E-state index contributed by atoms with van der Waals surface area (Å²) in [5.74, 6) is 2.39. The third kappa shape index (κ3) is 6.77. The Bertz CT molecular complexity index is 675. The number of aryl methyl sites for hydroxylation is 1. The molecule has 0 spiro atoms. The van der Waals surface area contributed by atoms with Gasteiger partial charge in [-0.25, -0.2) is 9.98 Å². The molecule has 0 radical (unpaired) electrons. The summed E-state index contributed by atoms with van der Waals surface area (Å²) in [6.07, 6.45) is 4.36. The maximum Gasteiger partial charge on any atom is 0.218 e. The van der Waals surface area contributed by atoms with Crippen LogP contribution in [0.2, 0.25) is 0 Å². The van der Waals surface area contributed by atoms with Crippen molar-refractivity contribution in [3.8, 4) is 5.88 Å². The van der Waals surface area contributed by atoms with E-state index in [0.29, 0.717) is 19.0 Å². The number of aromatic nitrogens is 4. The fourth-order valence-electron chi connectivity index (χ4n) is 2.35. The van der Waals surface area contributed by atoms with Crippen LogP contribution in [0.25, 0.3) is 0 Å². The molecule has 0 aliphatic heterocycles. The van der Waals surface area contributed by atoms with Crippen LogP contribution in [0.15, 0.2) is 29.6 Å². The molecule has 0 saturated heterocycles. The van der Waals surface area contributed by atoms with Crippen LogP contribution >= 0.6 is 24.0 Å². The van der Waals surface area contributed by atoms with E-state index >= 15 is 0 Å². The number of hydrogen-bond acceptors (Lipinski definition) is 5. The highest BCUT2D eigenvalue weighted by atomic mass is 127. The lowest BCUT2D eigenvalue weighted by Crippen LogP contribution is -2.39. The average Bonchev–Trinajstić information content (AvgIpc) is 3.08. The summed E-state index contributed by atoms with van der Waals surface area (Å²) in [6, 6.07) is 3.88. The zero-order chi connectivity index (χ0) is 17.9. The first-order valence-corrected chi connectivity index (χ1v) is 8.74. The second-order valence-corrected chi connectivity index (χ2v) is 5.32. The van der Waals surface area contributed by atoms with E-state index in [1.165, 1.54) is 0 Å². The summed E-state index contributed by atoms with van der Waals surface area (Å²) < 4.78 is 7.59. The van der Waals surface area contributed by atoms with Gasteiger partial charge >= 0.3 is 0 Å². The largest absolute Gasteiger partial charge is 0.478 e. The molecule has 2 heterocycles. The molecule has 0 fully saturated rings. The maximum atomic E-state index is 5.55. The van der Waals surface area contributed by atoms with E-state index in [0.717, 1.165) is 43.4 Å². The monoisotopic (exact) mass is 473 g/mol. The van der Waals surface area contributed by atoms with E-state index in [1.54, 1.807) is 12.5 Å². The Hall–Kier alpha value is -1.91. The second-order valence-electron chi connectivity index (χ2n) is 5.32. The van der Waals surface area contributed by atoms with Gasteiger partial charge in [-0.3, -0.25) is 0 Å². The third-order valence-corrected chi connectivity index (χ3v) is 3.54. The zero-order valence-electron chi connectivity index (χ0n) is 15.6. The van der Waals surface area contributed by atoms with Crippen molar-refractivity contribution in [2.45, 2.75) is 40.3 Å². The minimum Gasteiger partial charge on any atom is -0.478 e. The number of halogens is 1. The highest BCUT2D eigenvalue weighted by Gasteiger charge is 2.05. The lowest BCUT2D eigenvalue weighted by Gasteiger charge is -2.13. The van der Waals surface area contributed by atoms with Gasteiger partial charge in [-0.2, -0.15) is 0 Å². The van der Waals surface area contributed by atoms with E-state index in [2.05, 4.69) is 37.7 Å². The van der Waals surface area contributed by atoms with Crippen LogP contribution in [0.1, 0.15) is 32.2 Å². The molecule has 0 saturated carbocycles. The fourth-order valence-corrected chi connectivity index (χ4v) is 2.35. The van der Waals surface area contributed by atoms with Gasteiger partial charge in [-0.05, 0) is 19.9 Å². The molecule has 26 heavy (non-hydrogen) atoms. The van der Waals surface area contributed by atoms with Crippen molar-refractivity contribution in [1.82, 2.24) is 30.4 Å². The van der Waals surface area contributed by atoms with E-state index in [-0.39, 0.29) is 24.0 Å². The highest BCUT2D eigenvalue weighted by Crippen LogP contribution is 2.15. The molecule has 0 aromatic carbocycles. The second kappa shape index (κ2) is 12.4. The van der Waals surface area contributed by atoms with Crippen LogP contribution < -0.4 is 15.4 Å². The SMILES string of the molecule is CCNC(=NCc1cccnc1OCC)NCCn1cnnc1CC.I. The summed E-state index contributed by atoms with van der Waals surface area (Å²) in [5, 5.41) is 14.6. The number of nitrogens with one attached hydrogen (secondary N) is 2. The van der Waals surface area contributed by atoms with Gasteiger partial charge in [-0.1, -0.05) is 13.0 Å². The van der Waals surface area contributed by atoms with Crippen molar-refractivity contribution < 1.29 is 4.74 Å². The van der Waals surface area contributed by atoms with Crippen LogP contribution in [0.5, 0.6) is 5.88 Å². The third-order valence-electron chi connectivity index (χ3n) is 3.54. The predicted molar refractivity (Wildman–Crippen MR) is 113 cm³/mol. The minimum absolute atomic E-state index is 0. The number of guanidine groups is 1. The smallest absolute Gasteiger partial charge is 0.218 e. The van der Waals surface area contributed by atoms with Crippen LogP contribution in [0.4, 0.5) is 0 Å². The first kappa shape index (κ1) is 22.1. The summed E-state index contributed by atoms with van der Waals surface area (Å²) in [7, 11) is 0. The van der Waals surface area contributed by atoms with Crippen LogP contribution in [0.3, 0.4) is 0 Å². The molecule has 8 nitrogen and oxygen atoms in total. The van der Waals surface area contributed by atoms with Crippen LogP contribution in [-0.4, -0.2) is 45.4 Å². The first-order chi connectivity index (χ1) is 12.3. The van der Waals surface area contributed by atoms with Gasteiger partial charge in [0.2, 0.25) is 5.88 Å². The van der Waals surface area contributed by atoms with Gasteiger partial charge in [-0.15, -0.1) is 34.2 Å². The molecule has 0 aliphatic rings. The molecule has 0 amide bonds. The van der Waals surface area contributed by atoms with Gasteiger partial charge in [0.05, 0.1) is 13.2 Å². The van der Waals surface area contributed by atoms with Gasteiger partial charge < -0.3 is 19.9 Å². The van der Waals surface area contributed by atoms with Crippen molar-refractivity contribution in [3.05, 3.63) is 36.0 Å². The zero-order valence-corrected chi connectivity index (χ0v) is 17.9. The molecule has 0 unspecified atom stereocenters. The Morgan fingerprint density at radius 1 is 1.27 bits per heavy atom. The Morgan fingerprint density at radius 3 is 2.85 bits per heavy atom. The Balaban J connectivity index is 0.00000338. The molecule has 0 atom stereocenters. The maximum absolute atomic E-state index is 5.55. The van der Waals surface area contributed by atoms with E-state index in [4.69, 9.17) is 4.74 Å². The standard InChI is InChI=1S/C17H27N7O.HI/c1-4-15-23-22-13-24(15)11-10-20-17(18-5-2)21-12-14-8-7-9-19-16(14)25-6-3;/h7-9,13H,4-6,10-12H2,1-3H3,(H2,18,20,21);1H. The number of aliphatic imine (C=N–C) groups is 1. The quantitative estimate of drug-likeness (QED) is 0.329. The van der Waals surface area contributed by atoms with Crippen LogP contribution in [-0.2, 0) is 19.5 Å². The summed E-state index contributed by atoms with van der Waals surface area (Å²) in [5.41, 5.74) is 0.966. The summed E-state index contributed by atoms with van der Waals surface area (Å²) in [4.78, 5) is 8.88. The minimum atomic E-state index is 0. The molecule has 2 N–H and O–H groups in total. The number of pyridine rings is 1. The number of ether oxygens (including phenoxy) is 1. The number of nitrogens with zero attached hydrogens (tertiary/aromatic N) is 5. The lowest BCUT2D eigenvalue weighted by atomic mass is 10.3. The summed E-state index contributed by atoms with van der Waals surface area (Å²) >= 11 is 0. The van der Waals surface area contributed by atoms with Crippen molar-refractivity contribution in [1.29, 1.82) is 0 Å². The number of rotatable bonds is 9. The van der Waals surface area contributed by atoms with Gasteiger partial charge in [0, 0.05) is 37.8 Å². The van der Waals surface area contributed by atoms with Gasteiger partial charge in [0.25, 0.3) is 0 Å². The van der Waals surface area contributed by atoms with Gasteiger partial charge in [0.15, 0.2) is 5.96 Å². The van der Waals surface area contributed by atoms with E-state index in [9.17, 15) is 0 Å². The van der Waals surface area contributed by atoms with Crippen molar-refractivity contribution >= 4 is 29.9 Å². The van der Waals surface area contributed by atoms with E-state index in [1.807, 2.05) is 30.5 Å². The average molecular weight is 473 g/mol. The molecular formula is C17H28IN7O. The molecule has 144 valence electrons. The summed E-state index contributed by atoms with van der Waals surface area (Å²) in [6.45, 7) is 9.48. The Kier molecular flexibility index (Phi) is 10.6. The number of hydrogen-bond donors (Lipinski definition) is 2. The molecule has 9 heteroatoms. The predicted octanol–water partition coefficient (Wildman–Crippen LogP) is 2.01. The molecular weight excluding hydrogens is 445 g/mol. The first-order valence-electron chi connectivity index (χ1n) is 8.74. The van der Waals surface area contributed by atoms with Crippen molar-refractivity contribution in [3.63, 3.8) is 0 Å². The topological polar surface area (TPSA) is 89.3 Å². The highest BCUT2D eigenvalue weighted by molar-refractivity contribution is 14.0. The Labute approximate surface area is 171 Å². The van der Waals surface area contributed by atoms with Crippen molar-refractivity contribution in [2.75, 3.05) is 19.7 Å².